The Labute approximate surface area is 121 Å². The van der Waals surface area contributed by atoms with Crippen LogP contribution in [0, 0.1) is 11.6 Å². The van der Waals surface area contributed by atoms with Gasteiger partial charge >= 0.3 is 0 Å². The Morgan fingerprint density at radius 3 is 2.90 bits per heavy atom. The van der Waals surface area contributed by atoms with E-state index in [0.717, 1.165) is 12.1 Å². The van der Waals surface area contributed by atoms with Crippen LogP contribution in [0.1, 0.15) is 18.0 Å². The molecule has 0 amide bonds. The van der Waals surface area contributed by atoms with Crippen molar-refractivity contribution in [3.05, 3.63) is 53.9 Å². The molecule has 112 valence electrons. The lowest BCUT2D eigenvalue weighted by molar-refractivity contribution is 0.172. The second-order valence-corrected chi connectivity index (χ2v) is 5.34. The van der Waals surface area contributed by atoms with Gasteiger partial charge in [0.1, 0.15) is 11.6 Å². The maximum Gasteiger partial charge on any atom is 0.128 e. The molecule has 0 radical (unpaired) electrons. The van der Waals surface area contributed by atoms with Gasteiger partial charge in [0.15, 0.2) is 0 Å². The molecule has 2 unspecified atom stereocenters. The topological polar surface area (TPSA) is 41.3 Å². The van der Waals surface area contributed by atoms with Crippen molar-refractivity contribution < 1.29 is 13.9 Å². The van der Waals surface area contributed by atoms with Crippen molar-refractivity contribution in [2.75, 3.05) is 13.1 Å². The number of benzene rings is 1. The number of β-amino-alcohol motifs (C(OH)–C–C–N with tert-alkyl or cyclic N) is 1. The molecule has 0 spiro atoms. The van der Waals surface area contributed by atoms with Crippen molar-refractivity contribution in [3.8, 4) is 0 Å². The van der Waals surface area contributed by atoms with Gasteiger partial charge < -0.3 is 5.11 Å². The van der Waals surface area contributed by atoms with Gasteiger partial charge in [-0.3, -0.25) is 9.58 Å². The Bertz CT molecular complexity index is 603. The van der Waals surface area contributed by atoms with Crippen molar-refractivity contribution in [2.24, 2.45) is 0 Å². The third-order valence-corrected chi connectivity index (χ3v) is 3.87. The minimum Gasteiger partial charge on any atom is -0.392 e. The molecule has 0 saturated carbocycles. The number of rotatable bonds is 4. The van der Waals surface area contributed by atoms with Crippen LogP contribution in [-0.2, 0) is 6.54 Å². The molecule has 1 fully saturated rings. The predicted molar refractivity (Wildman–Crippen MR) is 73.5 cm³/mol. The minimum absolute atomic E-state index is 0.300. The molecule has 0 aliphatic carbocycles. The lowest BCUT2D eigenvalue weighted by Crippen LogP contribution is -2.29. The van der Waals surface area contributed by atoms with Crippen LogP contribution in [0.4, 0.5) is 8.78 Å². The van der Waals surface area contributed by atoms with E-state index in [0.29, 0.717) is 31.6 Å². The average Bonchev–Trinajstić information content (AvgIpc) is 3.08. The van der Waals surface area contributed by atoms with Crippen LogP contribution in [0.15, 0.2) is 36.7 Å². The fraction of sp³-hybridized carbons (Fsp3) is 0.400. The van der Waals surface area contributed by atoms with Crippen LogP contribution in [0.5, 0.6) is 0 Å². The zero-order valence-corrected chi connectivity index (χ0v) is 11.5. The summed E-state index contributed by atoms with van der Waals surface area (Å²) in [6.45, 7) is 1.73. The highest BCUT2D eigenvalue weighted by Gasteiger charge is 2.33. The van der Waals surface area contributed by atoms with Crippen molar-refractivity contribution in [1.82, 2.24) is 14.7 Å². The Balaban J connectivity index is 1.77. The minimum atomic E-state index is -0.518. The number of halogens is 2. The van der Waals surface area contributed by atoms with E-state index >= 15 is 0 Å². The first kappa shape index (κ1) is 14.2. The molecule has 0 bridgehead atoms. The molecule has 6 heteroatoms. The second-order valence-electron chi connectivity index (χ2n) is 5.34. The summed E-state index contributed by atoms with van der Waals surface area (Å²) in [5.74, 6) is -0.889. The molecule has 3 rings (SSSR count). The van der Waals surface area contributed by atoms with Gasteiger partial charge in [-0.2, -0.15) is 5.10 Å². The second kappa shape index (κ2) is 5.91. The lowest BCUT2D eigenvalue weighted by atomic mass is 10.0. The Morgan fingerprint density at radius 2 is 2.14 bits per heavy atom. The first-order chi connectivity index (χ1) is 10.1. The molecular weight excluding hydrogens is 276 g/mol. The van der Waals surface area contributed by atoms with Gasteiger partial charge in [-0.15, -0.1) is 0 Å². The van der Waals surface area contributed by atoms with E-state index in [1.54, 1.807) is 10.9 Å². The van der Waals surface area contributed by atoms with Gasteiger partial charge in [-0.25, -0.2) is 8.78 Å². The SMILES string of the molecule is OC1CC(c2cc(F)ccc2F)N(CCn2cccn2)C1. The van der Waals surface area contributed by atoms with Crippen molar-refractivity contribution >= 4 is 0 Å². The average molecular weight is 293 g/mol. The highest BCUT2D eigenvalue weighted by Crippen LogP contribution is 2.33. The molecule has 2 heterocycles. The lowest BCUT2D eigenvalue weighted by Gasteiger charge is -2.24. The maximum absolute atomic E-state index is 13.9. The van der Waals surface area contributed by atoms with Gasteiger partial charge in [-0.05, 0) is 30.7 Å². The summed E-state index contributed by atoms with van der Waals surface area (Å²) in [6, 6.07) is 5.01. The first-order valence-electron chi connectivity index (χ1n) is 6.98. The molecule has 2 aromatic rings. The monoisotopic (exact) mass is 293 g/mol. The largest absolute Gasteiger partial charge is 0.392 e. The zero-order chi connectivity index (χ0) is 14.8. The fourth-order valence-electron chi connectivity index (χ4n) is 2.88. The number of aliphatic hydroxyl groups is 1. The van der Waals surface area contributed by atoms with Crippen LogP contribution in [0.25, 0.3) is 0 Å². The van der Waals surface area contributed by atoms with Gasteiger partial charge in [0, 0.05) is 37.1 Å². The van der Waals surface area contributed by atoms with Crippen molar-refractivity contribution in [2.45, 2.75) is 25.1 Å². The van der Waals surface area contributed by atoms with E-state index in [1.807, 2.05) is 17.2 Å². The molecule has 1 saturated heterocycles. The number of hydrogen-bond acceptors (Lipinski definition) is 3. The first-order valence-corrected chi connectivity index (χ1v) is 6.98. The summed E-state index contributed by atoms with van der Waals surface area (Å²) < 4.78 is 29.1. The maximum atomic E-state index is 13.9. The normalized spacial score (nSPS) is 22.8. The Hall–Kier alpha value is -1.79. The Kier molecular flexibility index (Phi) is 3.98. The number of likely N-dealkylation sites (tertiary alicyclic amines) is 1. The van der Waals surface area contributed by atoms with Crippen molar-refractivity contribution in [1.29, 1.82) is 0 Å². The molecular formula is C15H17F2N3O. The van der Waals surface area contributed by atoms with Crippen LogP contribution < -0.4 is 0 Å². The third kappa shape index (κ3) is 3.11. The summed E-state index contributed by atoms with van der Waals surface area (Å²) in [5.41, 5.74) is 0.312. The van der Waals surface area contributed by atoms with Gasteiger partial charge in [0.05, 0.1) is 12.6 Å². The van der Waals surface area contributed by atoms with Crippen LogP contribution in [-0.4, -0.2) is 39.0 Å². The smallest absolute Gasteiger partial charge is 0.128 e. The van der Waals surface area contributed by atoms with Crippen molar-refractivity contribution in [3.63, 3.8) is 0 Å². The number of aromatic nitrogens is 2. The number of hydrogen-bond donors (Lipinski definition) is 1. The summed E-state index contributed by atoms with van der Waals surface area (Å²) in [7, 11) is 0. The highest BCUT2D eigenvalue weighted by molar-refractivity contribution is 5.23. The van der Waals surface area contributed by atoms with E-state index in [2.05, 4.69) is 5.10 Å². The highest BCUT2D eigenvalue weighted by atomic mass is 19.1. The van der Waals surface area contributed by atoms with Gasteiger partial charge in [-0.1, -0.05) is 0 Å². The molecule has 2 atom stereocenters. The zero-order valence-electron chi connectivity index (χ0n) is 11.5. The predicted octanol–water partition coefficient (Wildman–Crippen LogP) is 1.97. The molecule has 1 aromatic carbocycles. The van der Waals surface area contributed by atoms with E-state index in [1.165, 1.54) is 6.07 Å². The summed E-state index contributed by atoms with van der Waals surface area (Å²) >= 11 is 0. The summed E-state index contributed by atoms with van der Waals surface area (Å²) in [6.07, 6.45) is 3.45. The third-order valence-electron chi connectivity index (χ3n) is 3.87. The van der Waals surface area contributed by atoms with Crippen LogP contribution in [0.2, 0.25) is 0 Å². The molecule has 4 nitrogen and oxygen atoms in total. The number of nitrogens with zero attached hydrogens (tertiary/aromatic N) is 3. The summed E-state index contributed by atoms with van der Waals surface area (Å²) in [4.78, 5) is 1.98. The van der Waals surface area contributed by atoms with E-state index in [9.17, 15) is 13.9 Å². The van der Waals surface area contributed by atoms with E-state index < -0.39 is 17.7 Å². The molecule has 1 aliphatic rings. The van der Waals surface area contributed by atoms with Gasteiger partial charge in [0.2, 0.25) is 0 Å². The van der Waals surface area contributed by atoms with Gasteiger partial charge in [0.25, 0.3) is 0 Å². The summed E-state index contributed by atoms with van der Waals surface area (Å²) in [5, 5.41) is 14.0. The fourth-order valence-corrected chi connectivity index (χ4v) is 2.88. The molecule has 1 aliphatic heterocycles. The molecule has 21 heavy (non-hydrogen) atoms. The Morgan fingerprint density at radius 1 is 1.29 bits per heavy atom. The van der Waals surface area contributed by atoms with Crippen LogP contribution >= 0.6 is 0 Å². The molecule has 1 aromatic heterocycles. The quantitative estimate of drug-likeness (QED) is 0.937. The van der Waals surface area contributed by atoms with E-state index in [-0.39, 0.29) is 6.04 Å². The number of aliphatic hydroxyl groups excluding tert-OH is 1. The van der Waals surface area contributed by atoms with Crippen LogP contribution in [0.3, 0.4) is 0 Å². The van der Waals surface area contributed by atoms with E-state index in [4.69, 9.17) is 0 Å². The standard InChI is InChI=1S/C15H17F2N3O/c16-11-2-3-14(17)13(8-11)15-9-12(21)10-19(15)6-7-20-5-1-4-18-20/h1-5,8,12,15,21H,6-7,9-10H2. The molecule has 1 N–H and O–H groups in total.